The van der Waals surface area contributed by atoms with Crippen molar-refractivity contribution in [2.24, 2.45) is 0 Å². The highest BCUT2D eigenvalue weighted by atomic mass is 16.6. The number of rotatable bonds is 2. The molecule has 1 aliphatic rings. The van der Waals surface area contributed by atoms with Crippen molar-refractivity contribution in [3.8, 4) is 0 Å². The number of ether oxygens (including phenoxy) is 1. The van der Waals surface area contributed by atoms with Crippen LogP contribution >= 0.6 is 0 Å². The fraction of sp³-hybridized carbons (Fsp3) is 0.500. The van der Waals surface area contributed by atoms with Crippen molar-refractivity contribution < 1.29 is 20.1 Å². The van der Waals surface area contributed by atoms with Gasteiger partial charge in [-0.3, -0.25) is 4.98 Å². The summed E-state index contributed by atoms with van der Waals surface area (Å²) in [5.41, 5.74) is 2.27. The Bertz CT molecular complexity index is 600. The lowest BCUT2D eigenvalue weighted by atomic mass is 10.1. The van der Waals surface area contributed by atoms with E-state index in [2.05, 4.69) is 9.97 Å². The van der Waals surface area contributed by atoms with E-state index in [1.807, 2.05) is 6.92 Å². The molecule has 0 amide bonds. The number of nitrogens with zero attached hydrogens (tertiary/aromatic N) is 3. The van der Waals surface area contributed by atoms with Crippen molar-refractivity contribution in [1.82, 2.24) is 14.5 Å². The third-order valence-electron chi connectivity index (χ3n) is 3.47. The summed E-state index contributed by atoms with van der Waals surface area (Å²) < 4.78 is 7.13. The first-order valence-corrected chi connectivity index (χ1v) is 6.04. The van der Waals surface area contributed by atoms with Crippen LogP contribution in [0, 0.1) is 6.92 Å². The van der Waals surface area contributed by atoms with Crippen LogP contribution in [0.5, 0.6) is 0 Å². The molecule has 0 radical (unpaired) electrons. The molecule has 4 atom stereocenters. The molecule has 0 aromatic carbocycles. The molecule has 3 heterocycles. The first kappa shape index (κ1) is 12.5. The van der Waals surface area contributed by atoms with Crippen molar-refractivity contribution >= 4 is 11.0 Å². The summed E-state index contributed by atoms with van der Waals surface area (Å²) in [6, 6.07) is 1.77. The van der Waals surface area contributed by atoms with Gasteiger partial charge < -0.3 is 24.6 Å². The Morgan fingerprint density at radius 1 is 1.32 bits per heavy atom. The van der Waals surface area contributed by atoms with Crippen molar-refractivity contribution in [3.63, 3.8) is 0 Å². The van der Waals surface area contributed by atoms with Gasteiger partial charge in [0.2, 0.25) is 0 Å². The topological polar surface area (TPSA) is 101 Å². The highest BCUT2D eigenvalue weighted by molar-refractivity contribution is 5.77. The van der Waals surface area contributed by atoms with Crippen LogP contribution in [0.4, 0.5) is 0 Å². The van der Waals surface area contributed by atoms with Gasteiger partial charge in [-0.15, -0.1) is 0 Å². The predicted molar refractivity (Wildman–Crippen MR) is 65.3 cm³/mol. The molecule has 2 aromatic heterocycles. The third-order valence-corrected chi connectivity index (χ3v) is 3.47. The second kappa shape index (κ2) is 4.53. The average molecular weight is 265 g/mol. The molecule has 0 spiro atoms. The maximum absolute atomic E-state index is 10.0. The summed E-state index contributed by atoms with van der Waals surface area (Å²) in [6.45, 7) is 1.50. The van der Waals surface area contributed by atoms with Gasteiger partial charge in [0, 0.05) is 6.20 Å². The fourth-order valence-electron chi connectivity index (χ4n) is 2.41. The molecule has 1 aliphatic heterocycles. The van der Waals surface area contributed by atoms with Crippen LogP contribution in [0.25, 0.3) is 11.0 Å². The standard InChI is InChI=1S/C12H15N3O4/c1-6-9-7(2-3-13-6)15(5-14-9)12-11(18)10(17)8(4-16)19-12/h2-3,5,8,10-12,16-18H,4H2,1H3. The van der Waals surface area contributed by atoms with Crippen LogP contribution in [0.3, 0.4) is 0 Å². The lowest BCUT2D eigenvalue weighted by Crippen LogP contribution is -2.33. The van der Waals surface area contributed by atoms with Gasteiger partial charge in [-0.2, -0.15) is 0 Å². The molecule has 0 aliphatic carbocycles. The lowest BCUT2D eigenvalue weighted by molar-refractivity contribution is -0.0508. The number of pyridine rings is 1. The monoisotopic (exact) mass is 265 g/mol. The predicted octanol–water partition coefficient (Wildman–Crippen LogP) is -0.649. The summed E-state index contributed by atoms with van der Waals surface area (Å²) in [5.74, 6) is 0. The maximum atomic E-state index is 10.0. The molecule has 3 N–H and O–H groups in total. The van der Waals surface area contributed by atoms with E-state index in [9.17, 15) is 10.2 Å². The van der Waals surface area contributed by atoms with Crippen LogP contribution in [0.1, 0.15) is 11.9 Å². The second-order valence-corrected chi connectivity index (χ2v) is 4.64. The number of aliphatic hydroxyl groups is 3. The first-order valence-electron chi connectivity index (χ1n) is 6.04. The number of imidazole rings is 1. The third kappa shape index (κ3) is 1.82. The quantitative estimate of drug-likeness (QED) is 0.667. The molecule has 0 saturated carbocycles. The van der Waals surface area contributed by atoms with Crippen LogP contribution in [-0.2, 0) is 4.74 Å². The molecule has 7 nitrogen and oxygen atoms in total. The molecule has 19 heavy (non-hydrogen) atoms. The summed E-state index contributed by atoms with van der Waals surface area (Å²) in [6.07, 6.45) is -0.589. The Kier molecular flexibility index (Phi) is 2.98. The first-order chi connectivity index (χ1) is 9.13. The van der Waals surface area contributed by atoms with Crippen molar-refractivity contribution in [2.75, 3.05) is 6.61 Å². The van der Waals surface area contributed by atoms with E-state index in [1.54, 1.807) is 23.2 Å². The molecule has 1 fully saturated rings. The Morgan fingerprint density at radius 2 is 2.11 bits per heavy atom. The SMILES string of the molecule is Cc1nccc2c1ncn2C1OC(CO)C(O)C1O. The van der Waals surface area contributed by atoms with Gasteiger partial charge in [-0.05, 0) is 13.0 Å². The minimum absolute atomic E-state index is 0.345. The zero-order chi connectivity index (χ0) is 13.6. The molecular formula is C12H15N3O4. The molecule has 3 rings (SSSR count). The van der Waals surface area contributed by atoms with E-state index in [4.69, 9.17) is 9.84 Å². The van der Waals surface area contributed by atoms with Crippen LogP contribution in [0.2, 0.25) is 0 Å². The molecule has 102 valence electrons. The van der Waals surface area contributed by atoms with Crippen LogP contribution in [0.15, 0.2) is 18.6 Å². The van der Waals surface area contributed by atoms with E-state index >= 15 is 0 Å². The molecule has 7 heteroatoms. The van der Waals surface area contributed by atoms with Gasteiger partial charge in [-0.25, -0.2) is 4.98 Å². The Morgan fingerprint density at radius 3 is 2.79 bits per heavy atom. The van der Waals surface area contributed by atoms with Gasteiger partial charge in [0.15, 0.2) is 6.23 Å². The number of aromatic nitrogens is 3. The average Bonchev–Trinajstić information content (AvgIpc) is 2.94. The minimum Gasteiger partial charge on any atom is -0.394 e. The highest BCUT2D eigenvalue weighted by Gasteiger charge is 2.43. The Labute approximate surface area is 109 Å². The molecule has 1 saturated heterocycles. The van der Waals surface area contributed by atoms with E-state index in [1.165, 1.54) is 0 Å². The smallest absolute Gasteiger partial charge is 0.164 e. The molecule has 0 bridgehead atoms. The minimum atomic E-state index is -1.12. The van der Waals surface area contributed by atoms with Crippen molar-refractivity contribution in [3.05, 3.63) is 24.3 Å². The Balaban J connectivity index is 2.04. The highest BCUT2D eigenvalue weighted by Crippen LogP contribution is 2.31. The van der Waals surface area contributed by atoms with Gasteiger partial charge in [0.1, 0.15) is 23.8 Å². The van der Waals surface area contributed by atoms with E-state index in [0.717, 1.165) is 16.7 Å². The van der Waals surface area contributed by atoms with Gasteiger partial charge >= 0.3 is 0 Å². The fourth-order valence-corrected chi connectivity index (χ4v) is 2.41. The second-order valence-electron chi connectivity index (χ2n) is 4.64. The number of aliphatic hydroxyl groups excluding tert-OH is 3. The summed E-state index contributed by atoms with van der Waals surface area (Å²) in [5, 5.41) is 28.9. The Hall–Kier alpha value is -1.54. The number of aryl methyl sites for hydroxylation is 1. The van der Waals surface area contributed by atoms with Crippen LogP contribution in [-0.4, -0.2) is 54.8 Å². The largest absolute Gasteiger partial charge is 0.394 e. The normalized spacial score (nSPS) is 31.2. The van der Waals surface area contributed by atoms with Crippen molar-refractivity contribution in [1.29, 1.82) is 0 Å². The summed E-state index contributed by atoms with van der Waals surface area (Å²) >= 11 is 0. The lowest BCUT2D eigenvalue weighted by Gasteiger charge is -2.17. The van der Waals surface area contributed by atoms with Crippen molar-refractivity contribution in [2.45, 2.75) is 31.5 Å². The van der Waals surface area contributed by atoms with Gasteiger partial charge in [0.05, 0.1) is 24.1 Å². The zero-order valence-corrected chi connectivity index (χ0v) is 10.3. The van der Waals surface area contributed by atoms with Gasteiger partial charge in [-0.1, -0.05) is 0 Å². The molecule has 4 unspecified atom stereocenters. The summed E-state index contributed by atoms with van der Waals surface area (Å²) in [4.78, 5) is 8.38. The number of hydrogen-bond acceptors (Lipinski definition) is 6. The molecular weight excluding hydrogens is 250 g/mol. The summed E-state index contributed by atoms with van der Waals surface area (Å²) in [7, 11) is 0. The molecule has 2 aromatic rings. The van der Waals surface area contributed by atoms with E-state index in [-0.39, 0.29) is 6.61 Å². The maximum Gasteiger partial charge on any atom is 0.164 e. The number of hydrogen-bond donors (Lipinski definition) is 3. The number of fused-ring (bicyclic) bond motifs is 1. The van der Waals surface area contributed by atoms with Gasteiger partial charge in [0.25, 0.3) is 0 Å². The van der Waals surface area contributed by atoms with E-state index < -0.39 is 24.5 Å². The van der Waals surface area contributed by atoms with Crippen LogP contribution < -0.4 is 0 Å². The van der Waals surface area contributed by atoms with E-state index in [0.29, 0.717) is 0 Å². The zero-order valence-electron chi connectivity index (χ0n) is 10.3.